The lowest BCUT2D eigenvalue weighted by atomic mass is 10.1. The molecule has 2 rings (SSSR count). The molecule has 1 heterocycles. The van der Waals surface area contributed by atoms with Crippen molar-refractivity contribution >= 4 is 24.0 Å². The number of benzene rings is 1. The van der Waals surface area contributed by atoms with Gasteiger partial charge in [0, 0.05) is 13.1 Å². The Labute approximate surface area is 120 Å². The maximum Gasteiger partial charge on any atom is 0.137 e. The highest BCUT2D eigenvalue weighted by atomic mass is 35.5. The van der Waals surface area contributed by atoms with E-state index in [9.17, 15) is 0 Å². The van der Waals surface area contributed by atoms with Gasteiger partial charge in [0.2, 0.25) is 0 Å². The van der Waals surface area contributed by atoms with E-state index in [4.69, 9.17) is 22.1 Å². The monoisotopic (exact) mass is 290 g/mol. The largest absolute Gasteiger partial charge is 0.495 e. The number of ether oxygens (including phenoxy) is 1. The van der Waals surface area contributed by atoms with E-state index in [1.54, 1.807) is 7.11 Å². The van der Waals surface area contributed by atoms with Crippen LogP contribution in [0.3, 0.4) is 0 Å². The molecule has 0 bridgehead atoms. The number of halogens is 2. The van der Waals surface area contributed by atoms with Crippen molar-refractivity contribution in [3.63, 3.8) is 0 Å². The normalized spacial score (nSPS) is 19.6. The Balaban J connectivity index is 0.00000162. The lowest BCUT2D eigenvalue weighted by molar-refractivity contribution is 0.317. The van der Waals surface area contributed by atoms with Crippen molar-refractivity contribution in [2.24, 2.45) is 11.7 Å². The molecule has 1 aliphatic rings. The Bertz CT molecular complexity index is 387. The number of hydrogen-bond donors (Lipinski definition) is 1. The number of methoxy groups -OCH3 is 1. The van der Waals surface area contributed by atoms with Gasteiger partial charge in [0.05, 0.1) is 12.1 Å². The van der Waals surface area contributed by atoms with Crippen molar-refractivity contribution in [2.75, 3.05) is 26.7 Å². The molecule has 1 aromatic rings. The molecule has 1 unspecified atom stereocenters. The summed E-state index contributed by atoms with van der Waals surface area (Å²) in [6.07, 6.45) is 1.21. The quantitative estimate of drug-likeness (QED) is 0.926. The van der Waals surface area contributed by atoms with Crippen molar-refractivity contribution in [2.45, 2.75) is 13.0 Å². The molecule has 1 aliphatic heterocycles. The topological polar surface area (TPSA) is 38.5 Å². The number of hydrogen-bond acceptors (Lipinski definition) is 3. The van der Waals surface area contributed by atoms with E-state index >= 15 is 0 Å². The highest BCUT2D eigenvalue weighted by Gasteiger charge is 2.21. The molecular weight excluding hydrogens is 271 g/mol. The molecule has 0 aliphatic carbocycles. The minimum atomic E-state index is 0. The standard InChI is InChI=1S/C13H19ClN2O.ClH/c1-17-13-3-2-10(6-12(13)14)8-16-5-4-11(7-15)9-16;/h2-3,6,11H,4-5,7-9,15H2,1H3;1H. The Kier molecular flexibility index (Phi) is 6.22. The molecule has 102 valence electrons. The number of nitrogens with two attached hydrogens (primary N) is 1. The molecule has 1 fully saturated rings. The number of likely N-dealkylation sites (tertiary alicyclic amines) is 1. The van der Waals surface area contributed by atoms with E-state index in [-0.39, 0.29) is 12.4 Å². The summed E-state index contributed by atoms with van der Waals surface area (Å²) < 4.78 is 5.14. The summed E-state index contributed by atoms with van der Waals surface area (Å²) >= 11 is 6.11. The van der Waals surface area contributed by atoms with Crippen LogP contribution in [0.5, 0.6) is 5.75 Å². The summed E-state index contributed by atoms with van der Waals surface area (Å²) in [5.41, 5.74) is 6.92. The zero-order chi connectivity index (χ0) is 12.3. The summed E-state index contributed by atoms with van der Waals surface area (Å²) in [6, 6.07) is 5.98. The first-order valence-corrected chi connectivity index (χ1v) is 6.35. The van der Waals surface area contributed by atoms with Crippen LogP contribution in [0.15, 0.2) is 18.2 Å². The van der Waals surface area contributed by atoms with Crippen LogP contribution >= 0.6 is 24.0 Å². The van der Waals surface area contributed by atoms with Gasteiger partial charge in [0.25, 0.3) is 0 Å². The van der Waals surface area contributed by atoms with E-state index in [1.165, 1.54) is 12.0 Å². The Morgan fingerprint density at radius 1 is 1.50 bits per heavy atom. The van der Waals surface area contributed by atoms with Crippen molar-refractivity contribution < 1.29 is 4.74 Å². The van der Waals surface area contributed by atoms with E-state index in [2.05, 4.69) is 11.0 Å². The summed E-state index contributed by atoms with van der Waals surface area (Å²) in [7, 11) is 1.63. The molecule has 0 saturated carbocycles. The third-order valence-corrected chi connectivity index (χ3v) is 3.62. The fourth-order valence-electron chi connectivity index (χ4n) is 2.32. The smallest absolute Gasteiger partial charge is 0.137 e. The van der Waals surface area contributed by atoms with Crippen LogP contribution in [0.4, 0.5) is 0 Å². The van der Waals surface area contributed by atoms with Crippen molar-refractivity contribution in [1.82, 2.24) is 4.90 Å². The molecular formula is C13H20Cl2N2O. The molecule has 3 nitrogen and oxygen atoms in total. The zero-order valence-corrected chi connectivity index (χ0v) is 12.1. The molecule has 5 heteroatoms. The second kappa shape index (κ2) is 7.19. The molecule has 0 amide bonds. The zero-order valence-electron chi connectivity index (χ0n) is 10.6. The van der Waals surface area contributed by atoms with Gasteiger partial charge in [-0.2, -0.15) is 0 Å². The van der Waals surface area contributed by atoms with Crippen LogP contribution in [0, 0.1) is 5.92 Å². The maximum atomic E-state index is 6.11. The third-order valence-electron chi connectivity index (χ3n) is 3.33. The number of nitrogens with zero attached hydrogens (tertiary/aromatic N) is 1. The first-order valence-electron chi connectivity index (χ1n) is 5.97. The van der Waals surface area contributed by atoms with E-state index in [1.807, 2.05) is 12.1 Å². The van der Waals surface area contributed by atoms with Gasteiger partial charge in [0.15, 0.2) is 0 Å². The van der Waals surface area contributed by atoms with Crippen LogP contribution in [0.1, 0.15) is 12.0 Å². The summed E-state index contributed by atoms with van der Waals surface area (Å²) in [6.45, 7) is 3.96. The predicted molar refractivity (Wildman–Crippen MR) is 77.7 cm³/mol. The minimum Gasteiger partial charge on any atom is -0.495 e. The molecule has 0 spiro atoms. The molecule has 1 saturated heterocycles. The molecule has 1 aromatic carbocycles. The highest BCUT2D eigenvalue weighted by molar-refractivity contribution is 6.32. The Hall–Kier alpha value is -0.480. The van der Waals surface area contributed by atoms with Gasteiger partial charge < -0.3 is 10.5 Å². The molecule has 0 radical (unpaired) electrons. The van der Waals surface area contributed by atoms with Gasteiger partial charge in [-0.05, 0) is 43.1 Å². The van der Waals surface area contributed by atoms with Crippen molar-refractivity contribution in [1.29, 1.82) is 0 Å². The van der Waals surface area contributed by atoms with Crippen LogP contribution in [-0.4, -0.2) is 31.6 Å². The Morgan fingerprint density at radius 3 is 2.83 bits per heavy atom. The first-order chi connectivity index (χ1) is 8.22. The van der Waals surface area contributed by atoms with Gasteiger partial charge in [0.1, 0.15) is 5.75 Å². The van der Waals surface area contributed by atoms with E-state index in [0.29, 0.717) is 10.9 Å². The van der Waals surface area contributed by atoms with E-state index < -0.39 is 0 Å². The molecule has 18 heavy (non-hydrogen) atoms. The van der Waals surface area contributed by atoms with Crippen LogP contribution < -0.4 is 10.5 Å². The minimum absolute atomic E-state index is 0. The van der Waals surface area contributed by atoms with Gasteiger partial charge >= 0.3 is 0 Å². The van der Waals surface area contributed by atoms with Crippen molar-refractivity contribution in [3.8, 4) is 5.75 Å². The van der Waals surface area contributed by atoms with Gasteiger partial charge in [-0.15, -0.1) is 12.4 Å². The average molecular weight is 291 g/mol. The lowest BCUT2D eigenvalue weighted by Crippen LogP contribution is -2.22. The first kappa shape index (κ1) is 15.6. The maximum absolute atomic E-state index is 6.11. The second-order valence-corrected chi connectivity index (χ2v) is 5.00. The Morgan fingerprint density at radius 2 is 2.28 bits per heavy atom. The van der Waals surface area contributed by atoms with Gasteiger partial charge in [-0.1, -0.05) is 17.7 Å². The molecule has 1 atom stereocenters. The van der Waals surface area contributed by atoms with Gasteiger partial charge in [-0.25, -0.2) is 0 Å². The predicted octanol–water partition coefficient (Wildman–Crippen LogP) is 2.55. The molecule has 0 aromatic heterocycles. The lowest BCUT2D eigenvalue weighted by Gasteiger charge is -2.16. The summed E-state index contributed by atoms with van der Waals surface area (Å²) in [5.74, 6) is 1.39. The van der Waals surface area contributed by atoms with Crippen LogP contribution in [0.2, 0.25) is 5.02 Å². The highest BCUT2D eigenvalue weighted by Crippen LogP contribution is 2.26. The average Bonchev–Trinajstić information content (AvgIpc) is 2.77. The third kappa shape index (κ3) is 3.75. The van der Waals surface area contributed by atoms with Crippen LogP contribution in [0.25, 0.3) is 0 Å². The summed E-state index contributed by atoms with van der Waals surface area (Å²) in [5, 5.41) is 0.680. The fourth-order valence-corrected chi connectivity index (χ4v) is 2.60. The summed E-state index contributed by atoms with van der Waals surface area (Å²) in [4.78, 5) is 2.43. The van der Waals surface area contributed by atoms with Crippen molar-refractivity contribution in [3.05, 3.63) is 28.8 Å². The number of rotatable bonds is 4. The fraction of sp³-hybridized carbons (Fsp3) is 0.538. The van der Waals surface area contributed by atoms with Crippen LogP contribution in [-0.2, 0) is 6.54 Å². The molecule has 2 N–H and O–H groups in total. The SMILES string of the molecule is COc1ccc(CN2CCC(CN)C2)cc1Cl.Cl. The van der Waals surface area contributed by atoms with E-state index in [0.717, 1.165) is 31.9 Å². The second-order valence-electron chi connectivity index (χ2n) is 4.59. The van der Waals surface area contributed by atoms with Gasteiger partial charge in [-0.3, -0.25) is 4.90 Å².